The quantitative estimate of drug-likeness (QED) is 0.252. The average Bonchev–Trinajstić information content (AvgIpc) is 3.61. The van der Waals surface area contributed by atoms with Gasteiger partial charge in [0.1, 0.15) is 12.1 Å². The van der Waals surface area contributed by atoms with Gasteiger partial charge in [-0.05, 0) is 42.9 Å². The standard InChI is InChI=1S/C33H50N6O4S/c1-23-29(44-22-36-23)25-12-10-24(11-13-25)20-35-31(42)27-19-26(40)21-39(27)32(43)30(33(2,3)4)37-28(41)9-7-5-6-8-16-38-17-14-34-15-18-38/h10-13,22,26-27,30,34,40H,5-9,14-21H2,1-4H3,(H,35,42)(H,37,41). The zero-order chi connectivity index (χ0) is 31.7. The number of benzene rings is 1. The summed E-state index contributed by atoms with van der Waals surface area (Å²) < 4.78 is 0. The molecular weight excluding hydrogens is 576 g/mol. The number of aliphatic hydroxyl groups is 1. The summed E-state index contributed by atoms with van der Waals surface area (Å²) in [6.45, 7) is 13.5. The van der Waals surface area contributed by atoms with Gasteiger partial charge in [-0.3, -0.25) is 14.4 Å². The molecule has 0 bridgehead atoms. The highest BCUT2D eigenvalue weighted by Crippen LogP contribution is 2.28. The van der Waals surface area contributed by atoms with E-state index in [9.17, 15) is 19.5 Å². The number of hydrogen-bond acceptors (Lipinski definition) is 8. The number of aliphatic hydroxyl groups excluding tert-OH is 1. The summed E-state index contributed by atoms with van der Waals surface area (Å²) in [5.41, 5.74) is 4.26. The van der Waals surface area contributed by atoms with Gasteiger partial charge in [-0.1, -0.05) is 57.9 Å². The highest BCUT2D eigenvalue weighted by atomic mass is 32.1. The zero-order valence-corrected chi connectivity index (χ0v) is 27.5. The van der Waals surface area contributed by atoms with Crippen LogP contribution >= 0.6 is 11.3 Å². The Labute approximate surface area is 266 Å². The fourth-order valence-corrected chi connectivity index (χ4v) is 6.73. The summed E-state index contributed by atoms with van der Waals surface area (Å²) in [6, 6.07) is 6.38. The molecule has 1 aromatic carbocycles. The molecule has 0 saturated carbocycles. The molecule has 2 saturated heterocycles. The van der Waals surface area contributed by atoms with Crippen molar-refractivity contribution < 1.29 is 19.5 Å². The number of likely N-dealkylation sites (tertiary alicyclic amines) is 1. The van der Waals surface area contributed by atoms with Crippen molar-refractivity contribution in [2.45, 2.75) is 91.0 Å². The Kier molecular flexibility index (Phi) is 12.3. The minimum absolute atomic E-state index is 0.0648. The number of aromatic nitrogens is 1. The summed E-state index contributed by atoms with van der Waals surface area (Å²) in [4.78, 5) is 49.4. The summed E-state index contributed by atoms with van der Waals surface area (Å²) in [5.74, 6) is -0.793. The number of carbonyl (C=O) groups excluding carboxylic acids is 3. The summed E-state index contributed by atoms with van der Waals surface area (Å²) in [7, 11) is 0. The van der Waals surface area contributed by atoms with Crippen molar-refractivity contribution in [1.29, 1.82) is 0 Å². The molecule has 0 radical (unpaired) electrons. The number of nitrogens with one attached hydrogen (secondary N) is 3. The predicted octanol–water partition coefficient (Wildman–Crippen LogP) is 3.08. The molecular formula is C33H50N6O4S. The Morgan fingerprint density at radius 1 is 1.09 bits per heavy atom. The van der Waals surface area contributed by atoms with Crippen LogP contribution in [-0.2, 0) is 20.9 Å². The first-order chi connectivity index (χ1) is 21.0. The van der Waals surface area contributed by atoms with E-state index in [-0.39, 0.29) is 30.7 Å². The zero-order valence-electron chi connectivity index (χ0n) is 26.7. The molecule has 0 aliphatic carbocycles. The third-order valence-electron chi connectivity index (χ3n) is 8.55. The Hall–Kier alpha value is -2.86. The molecule has 0 spiro atoms. The first-order valence-electron chi connectivity index (χ1n) is 16.0. The number of aryl methyl sites for hydroxylation is 1. The molecule has 2 aromatic rings. The van der Waals surface area contributed by atoms with Gasteiger partial charge in [-0.15, -0.1) is 11.3 Å². The van der Waals surface area contributed by atoms with Gasteiger partial charge >= 0.3 is 0 Å². The fourth-order valence-electron chi connectivity index (χ4n) is 5.92. The van der Waals surface area contributed by atoms with Gasteiger partial charge < -0.3 is 30.9 Å². The maximum Gasteiger partial charge on any atom is 0.246 e. The fraction of sp³-hybridized carbons (Fsp3) is 0.636. The van der Waals surface area contributed by atoms with Crippen LogP contribution in [-0.4, -0.2) is 95.1 Å². The smallest absolute Gasteiger partial charge is 0.246 e. The van der Waals surface area contributed by atoms with Gasteiger partial charge in [0.15, 0.2) is 0 Å². The number of rotatable bonds is 13. The summed E-state index contributed by atoms with van der Waals surface area (Å²) >= 11 is 1.59. The van der Waals surface area contributed by atoms with Gasteiger partial charge in [-0.2, -0.15) is 0 Å². The van der Waals surface area contributed by atoms with E-state index in [1.54, 1.807) is 11.3 Å². The lowest BCUT2D eigenvalue weighted by Crippen LogP contribution is -2.57. The molecule has 3 heterocycles. The molecule has 3 unspecified atom stereocenters. The van der Waals surface area contributed by atoms with Gasteiger partial charge in [0, 0.05) is 52.1 Å². The van der Waals surface area contributed by atoms with Crippen LogP contribution in [0.2, 0.25) is 0 Å². The highest BCUT2D eigenvalue weighted by Gasteiger charge is 2.44. The van der Waals surface area contributed by atoms with Crippen LogP contribution < -0.4 is 16.0 Å². The monoisotopic (exact) mass is 626 g/mol. The van der Waals surface area contributed by atoms with Gasteiger partial charge in [0.25, 0.3) is 0 Å². The second-order valence-electron chi connectivity index (χ2n) is 13.2. The number of hydrogen-bond donors (Lipinski definition) is 4. The van der Waals surface area contributed by atoms with E-state index in [0.29, 0.717) is 13.0 Å². The average molecular weight is 627 g/mol. The van der Waals surface area contributed by atoms with Crippen molar-refractivity contribution in [3.8, 4) is 10.4 Å². The topological polar surface area (TPSA) is 127 Å². The van der Waals surface area contributed by atoms with Crippen molar-refractivity contribution in [3.05, 3.63) is 41.0 Å². The number of β-amino-alcohol motifs (C(OH)–C–C–N with tert-alkyl or cyclic N) is 1. The maximum absolute atomic E-state index is 13.8. The van der Waals surface area contributed by atoms with Crippen LogP contribution in [0.3, 0.4) is 0 Å². The van der Waals surface area contributed by atoms with E-state index in [1.165, 1.54) is 4.90 Å². The number of piperazine rings is 1. The summed E-state index contributed by atoms with van der Waals surface area (Å²) in [5, 5.41) is 19.7. The Bertz CT molecular complexity index is 1240. The third kappa shape index (κ3) is 9.57. The Morgan fingerprint density at radius 2 is 1.80 bits per heavy atom. The minimum atomic E-state index is -0.800. The first-order valence-corrected chi connectivity index (χ1v) is 16.9. The van der Waals surface area contributed by atoms with Crippen LogP contribution in [0, 0.1) is 12.3 Å². The molecule has 4 rings (SSSR count). The van der Waals surface area contributed by atoms with Crippen LogP contribution in [0.5, 0.6) is 0 Å². The number of amides is 3. The van der Waals surface area contributed by atoms with Crippen molar-refractivity contribution in [2.24, 2.45) is 5.41 Å². The SMILES string of the molecule is Cc1ncsc1-c1ccc(CNC(=O)C2CC(O)CN2C(=O)C(NC(=O)CCCCCCN2CCNCC2)C(C)(C)C)cc1. The molecule has 3 amide bonds. The van der Waals surface area contributed by atoms with E-state index >= 15 is 0 Å². The lowest BCUT2D eigenvalue weighted by atomic mass is 9.85. The third-order valence-corrected chi connectivity index (χ3v) is 9.53. The van der Waals surface area contributed by atoms with Crippen LogP contribution in [0.15, 0.2) is 29.8 Å². The van der Waals surface area contributed by atoms with E-state index in [1.807, 2.05) is 57.5 Å². The second-order valence-corrected chi connectivity index (χ2v) is 14.1. The van der Waals surface area contributed by atoms with Crippen LogP contribution in [0.25, 0.3) is 10.4 Å². The molecule has 3 atom stereocenters. The molecule has 2 aliphatic rings. The van der Waals surface area contributed by atoms with Gasteiger partial charge in [-0.25, -0.2) is 4.98 Å². The predicted molar refractivity (Wildman–Crippen MR) is 174 cm³/mol. The molecule has 44 heavy (non-hydrogen) atoms. The summed E-state index contributed by atoms with van der Waals surface area (Å²) in [6.07, 6.45) is 3.69. The van der Waals surface area contributed by atoms with Crippen molar-refractivity contribution in [3.63, 3.8) is 0 Å². The number of carbonyl (C=O) groups is 3. The molecule has 10 nitrogen and oxygen atoms in total. The lowest BCUT2D eigenvalue weighted by Gasteiger charge is -2.35. The maximum atomic E-state index is 13.8. The van der Waals surface area contributed by atoms with Gasteiger partial charge in [0.05, 0.1) is 22.2 Å². The molecule has 1 aromatic heterocycles. The van der Waals surface area contributed by atoms with E-state index in [4.69, 9.17) is 0 Å². The molecule has 11 heteroatoms. The van der Waals surface area contributed by atoms with E-state index < -0.39 is 23.6 Å². The highest BCUT2D eigenvalue weighted by molar-refractivity contribution is 7.13. The normalized spacial score (nSPS) is 20.0. The molecule has 2 fully saturated rings. The van der Waals surface area contributed by atoms with Crippen molar-refractivity contribution in [1.82, 2.24) is 30.7 Å². The Morgan fingerprint density at radius 3 is 2.45 bits per heavy atom. The first kappa shape index (κ1) is 34.0. The number of unbranched alkanes of at least 4 members (excludes halogenated alkanes) is 3. The van der Waals surface area contributed by atoms with Crippen LogP contribution in [0.1, 0.15) is 70.6 Å². The van der Waals surface area contributed by atoms with E-state index in [2.05, 4.69) is 25.8 Å². The molecule has 2 aliphatic heterocycles. The Balaban J connectivity index is 1.27. The van der Waals surface area contributed by atoms with Crippen molar-refractivity contribution >= 4 is 29.1 Å². The largest absolute Gasteiger partial charge is 0.391 e. The van der Waals surface area contributed by atoms with Crippen molar-refractivity contribution in [2.75, 3.05) is 39.3 Å². The number of thiazole rings is 1. The number of nitrogens with zero attached hydrogens (tertiary/aromatic N) is 3. The second kappa shape index (κ2) is 15.9. The van der Waals surface area contributed by atoms with Gasteiger partial charge in [0.2, 0.25) is 17.7 Å². The minimum Gasteiger partial charge on any atom is -0.391 e. The lowest BCUT2D eigenvalue weighted by molar-refractivity contribution is -0.144. The molecule has 4 N–H and O–H groups in total. The molecule has 242 valence electrons. The van der Waals surface area contributed by atoms with E-state index in [0.717, 1.165) is 80.1 Å². The van der Waals surface area contributed by atoms with Crippen LogP contribution in [0.4, 0.5) is 0 Å².